The maximum atomic E-state index is 10.6. The summed E-state index contributed by atoms with van der Waals surface area (Å²) in [5.74, 6) is 0.467. The molecule has 0 rings (SSSR count). The molecule has 0 heterocycles. The molecule has 10 heavy (non-hydrogen) atoms. The van der Waals surface area contributed by atoms with Crippen LogP contribution in [0.4, 0.5) is 0 Å². The molecule has 0 saturated heterocycles. The van der Waals surface area contributed by atoms with Gasteiger partial charge in [0.2, 0.25) is 0 Å². The Labute approximate surface area is 95.9 Å². The van der Waals surface area contributed by atoms with E-state index in [0.717, 1.165) is 6.42 Å². The van der Waals surface area contributed by atoms with E-state index in [1.54, 1.807) is 6.92 Å². The maximum Gasteiger partial charge on any atom is 2.00 e. The summed E-state index contributed by atoms with van der Waals surface area (Å²) < 4.78 is 0. The third-order valence-electron chi connectivity index (χ3n) is 1.42. The Kier molecular flexibility index (Phi) is 10.3. The molecule has 0 aliphatic heterocycles. The smallest absolute Gasteiger partial charge is 1.00 e. The number of carbonyl (C=O) groups excluding carboxylic acids is 1. The molecule has 0 fully saturated rings. The van der Waals surface area contributed by atoms with Gasteiger partial charge in [0.25, 0.3) is 0 Å². The van der Waals surface area contributed by atoms with Crippen molar-refractivity contribution < 1.29 is 7.65 Å². The molecule has 0 aliphatic rings. The van der Waals surface area contributed by atoms with E-state index >= 15 is 0 Å². The molecule has 1 nitrogen and oxygen atoms in total. The summed E-state index contributed by atoms with van der Waals surface area (Å²) in [5.41, 5.74) is 0. The molecule has 0 aromatic carbocycles. The van der Waals surface area contributed by atoms with Crippen LogP contribution in [0.25, 0.3) is 0 Å². The summed E-state index contributed by atoms with van der Waals surface area (Å²) in [6.07, 6.45) is 4.87. The van der Waals surface area contributed by atoms with E-state index in [9.17, 15) is 4.79 Å². The molecule has 0 spiro atoms. The van der Waals surface area contributed by atoms with Crippen LogP contribution in [0.2, 0.25) is 0 Å². The molecule has 56 valence electrons. The van der Waals surface area contributed by atoms with E-state index in [2.05, 4.69) is 0 Å². The number of hydrogen-bond donors (Lipinski definition) is 0. The maximum absolute atomic E-state index is 10.6. The summed E-state index contributed by atoms with van der Waals surface area (Å²) in [6.45, 7) is 5.54. The first-order valence-corrected chi connectivity index (χ1v) is 3.30. The van der Waals surface area contributed by atoms with Crippen LogP contribution in [0.1, 0.15) is 30.0 Å². The summed E-state index contributed by atoms with van der Waals surface area (Å²) in [4.78, 5) is 10.6. The molecule has 0 aromatic rings. The quantitative estimate of drug-likeness (QED) is 0.465. The van der Waals surface area contributed by atoms with Crippen LogP contribution in [0, 0.1) is 5.92 Å². The molecule has 0 N–H and O–H groups in total. The number of carbonyl (C=O) groups is 1. The minimum Gasteiger partial charge on any atom is -1.00 e. The SMILES string of the molecule is CC=CCC(C)C(C)=O.[Ca+2].[H-].[H-]. The molecule has 0 aliphatic carbocycles. The number of Topliss-reactive ketones (excluding diaryl/α,β-unsaturated/α-hetero) is 1. The van der Waals surface area contributed by atoms with Gasteiger partial charge < -0.3 is 2.85 Å². The van der Waals surface area contributed by atoms with Gasteiger partial charge >= 0.3 is 37.7 Å². The third kappa shape index (κ3) is 6.79. The van der Waals surface area contributed by atoms with Crippen LogP contribution in [0.3, 0.4) is 0 Å². The van der Waals surface area contributed by atoms with Crippen molar-refractivity contribution in [1.29, 1.82) is 0 Å². The standard InChI is InChI=1S/C8H14O.Ca.2H/c1-4-5-6-7(2)8(3)9;;;/h4-5,7H,6H2,1-3H3;;;/q;+2;2*-1. The molecule has 0 bridgehead atoms. The second-order valence-corrected chi connectivity index (χ2v) is 2.32. The zero-order chi connectivity index (χ0) is 7.28. The van der Waals surface area contributed by atoms with Crippen LogP contribution >= 0.6 is 0 Å². The van der Waals surface area contributed by atoms with Crippen LogP contribution < -0.4 is 0 Å². The Morgan fingerprint density at radius 3 is 2.50 bits per heavy atom. The van der Waals surface area contributed by atoms with Gasteiger partial charge in [0.1, 0.15) is 5.78 Å². The molecular weight excluding hydrogens is 152 g/mol. The first-order valence-electron chi connectivity index (χ1n) is 3.30. The summed E-state index contributed by atoms with van der Waals surface area (Å²) >= 11 is 0. The van der Waals surface area contributed by atoms with E-state index in [4.69, 9.17) is 0 Å². The average Bonchev–Trinajstić information content (AvgIpc) is 1.82. The second kappa shape index (κ2) is 7.77. The van der Waals surface area contributed by atoms with Gasteiger partial charge in [-0.15, -0.1) is 0 Å². The van der Waals surface area contributed by atoms with Gasteiger partial charge in [-0.1, -0.05) is 19.1 Å². The molecule has 1 unspecified atom stereocenters. The number of hydrogen-bond acceptors (Lipinski definition) is 1. The third-order valence-corrected chi connectivity index (χ3v) is 1.42. The molecule has 0 radical (unpaired) electrons. The Morgan fingerprint density at radius 1 is 1.70 bits per heavy atom. The molecule has 2 heteroatoms. The predicted molar refractivity (Wildman–Crippen MR) is 47.3 cm³/mol. The molecule has 0 amide bonds. The first-order chi connectivity index (χ1) is 4.18. The Morgan fingerprint density at radius 2 is 2.20 bits per heavy atom. The van der Waals surface area contributed by atoms with Gasteiger partial charge in [0.05, 0.1) is 0 Å². The fourth-order valence-corrected chi connectivity index (χ4v) is 0.506. The Balaban J connectivity index is -0.000000107. The monoisotopic (exact) mass is 168 g/mol. The van der Waals surface area contributed by atoms with Crippen molar-refractivity contribution in [2.45, 2.75) is 27.2 Å². The van der Waals surface area contributed by atoms with Gasteiger partial charge in [-0.25, -0.2) is 0 Å². The fraction of sp³-hybridized carbons (Fsp3) is 0.625. The zero-order valence-electron chi connectivity index (χ0n) is 9.05. The van der Waals surface area contributed by atoms with Crippen molar-refractivity contribution >= 4 is 43.5 Å². The van der Waals surface area contributed by atoms with Crippen molar-refractivity contribution in [2.24, 2.45) is 5.92 Å². The normalized spacial score (nSPS) is 12.7. The Hall–Kier alpha value is 0.670. The van der Waals surface area contributed by atoms with Gasteiger partial charge in [-0.05, 0) is 20.3 Å². The predicted octanol–water partition coefficient (Wildman–Crippen LogP) is 2.02. The van der Waals surface area contributed by atoms with Crippen LogP contribution in [-0.2, 0) is 4.79 Å². The van der Waals surface area contributed by atoms with Gasteiger partial charge in [-0.3, -0.25) is 4.79 Å². The first kappa shape index (κ1) is 13.3. The molecule has 0 saturated carbocycles. The fourth-order valence-electron chi connectivity index (χ4n) is 0.506. The van der Waals surface area contributed by atoms with Crippen LogP contribution in [0.5, 0.6) is 0 Å². The van der Waals surface area contributed by atoms with Gasteiger partial charge in [-0.2, -0.15) is 0 Å². The van der Waals surface area contributed by atoms with Crippen LogP contribution in [0.15, 0.2) is 12.2 Å². The van der Waals surface area contributed by atoms with E-state index in [0.29, 0.717) is 0 Å². The number of rotatable bonds is 3. The summed E-state index contributed by atoms with van der Waals surface area (Å²) in [7, 11) is 0. The van der Waals surface area contributed by atoms with Crippen molar-refractivity contribution in [1.82, 2.24) is 0 Å². The molecular formula is C8H16CaO. The number of allylic oxidation sites excluding steroid dienone is 2. The summed E-state index contributed by atoms with van der Waals surface area (Å²) in [5, 5.41) is 0. The molecule has 1 atom stereocenters. The van der Waals surface area contributed by atoms with Crippen molar-refractivity contribution in [3.8, 4) is 0 Å². The minimum atomic E-state index is 0. The van der Waals surface area contributed by atoms with E-state index in [-0.39, 0.29) is 52.3 Å². The zero-order valence-corrected chi connectivity index (χ0v) is 9.26. The van der Waals surface area contributed by atoms with E-state index in [1.807, 2.05) is 26.0 Å². The van der Waals surface area contributed by atoms with Crippen molar-refractivity contribution in [2.75, 3.05) is 0 Å². The van der Waals surface area contributed by atoms with Crippen molar-refractivity contribution in [3.63, 3.8) is 0 Å². The van der Waals surface area contributed by atoms with Gasteiger partial charge in [0.15, 0.2) is 0 Å². The Bertz CT molecular complexity index is 126. The van der Waals surface area contributed by atoms with Gasteiger partial charge in [0, 0.05) is 5.92 Å². The number of ketones is 1. The average molecular weight is 168 g/mol. The minimum absolute atomic E-state index is 0. The van der Waals surface area contributed by atoms with E-state index < -0.39 is 0 Å². The summed E-state index contributed by atoms with van der Waals surface area (Å²) in [6, 6.07) is 0. The largest absolute Gasteiger partial charge is 2.00 e. The molecule has 0 aromatic heterocycles. The van der Waals surface area contributed by atoms with Crippen molar-refractivity contribution in [3.05, 3.63) is 12.2 Å². The topological polar surface area (TPSA) is 17.1 Å². The second-order valence-electron chi connectivity index (χ2n) is 2.32. The van der Waals surface area contributed by atoms with E-state index in [1.165, 1.54) is 0 Å². The van der Waals surface area contributed by atoms with Crippen LogP contribution in [-0.4, -0.2) is 43.5 Å².